The lowest BCUT2D eigenvalue weighted by molar-refractivity contribution is 0.241. The Bertz CT molecular complexity index is 1240. The largest absolute Gasteiger partial charge is 0.497 e. The summed E-state index contributed by atoms with van der Waals surface area (Å²) in [6.45, 7) is 2.52. The number of rotatable bonds is 4. The van der Waals surface area contributed by atoms with Crippen LogP contribution in [0, 0.1) is 0 Å². The van der Waals surface area contributed by atoms with Crippen molar-refractivity contribution in [2.24, 2.45) is 0 Å². The van der Waals surface area contributed by atoms with Gasteiger partial charge in [0.1, 0.15) is 16.7 Å². The van der Waals surface area contributed by atoms with Crippen molar-refractivity contribution in [1.29, 1.82) is 0 Å². The summed E-state index contributed by atoms with van der Waals surface area (Å²) < 4.78 is 5.30. The number of H-pyrrole nitrogens is 1. The van der Waals surface area contributed by atoms with Gasteiger partial charge in [0, 0.05) is 18.7 Å². The Kier molecular flexibility index (Phi) is 5.11. The second-order valence-electron chi connectivity index (χ2n) is 7.44. The van der Waals surface area contributed by atoms with Gasteiger partial charge in [-0.2, -0.15) is 0 Å². The average molecular weight is 439 g/mol. The Morgan fingerprint density at radius 1 is 1.07 bits per heavy atom. The molecule has 0 spiro atoms. The van der Waals surface area contributed by atoms with Crippen molar-refractivity contribution in [3.8, 4) is 16.9 Å². The number of methoxy groups -OCH3 is 1. The topological polar surface area (TPSA) is 54.0 Å². The highest BCUT2D eigenvalue weighted by atomic mass is 35.5. The molecule has 0 amide bonds. The molecule has 1 aliphatic rings. The number of hydrogen-bond donors (Lipinski definition) is 1. The zero-order valence-corrected chi connectivity index (χ0v) is 18.0. The van der Waals surface area contributed by atoms with Gasteiger partial charge in [0.25, 0.3) is 0 Å². The standard InChI is InChI=1S/C23H20Cl2N4O/c1-30-15-5-6-17(19(24)11-15)16-4-2-3-14-9-10-29(12-18(14)16)13-22-26-20-7-8-21(25)27-23(20)28-22/h2-8,11H,9-10,12-13H2,1H3,(H,26,27,28). The van der Waals surface area contributed by atoms with E-state index in [1.807, 2.05) is 24.3 Å². The van der Waals surface area contributed by atoms with E-state index in [0.29, 0.717) is 15.8 Å². The number of hydrogen-bond acceptors (Lipinski definition) is 4. The van der Waals surface area contributed by atoms with Crippen molar-refractivity contribution in [2.75, 3.05) is 13.7 Å². The molecule has 4 aromatic rings. The summed E-state index contributed by atoms with van der Waals surface area (Å²) in [6, 6.07) is 16.0. The van der Waals surface area contributed by atoms with E-state index in [1.54, 1.807) is 13.2 Å². The molecule has 3 heterocycles. The molecule has 0 fully saturated rings. The number of pyridine rings is 1. The van der Waals surface area contributed by atoms with Crippen LogP contribution in [0.2, 0.25) is 10.2 Å². The number of benzene rings is 2. The minimum atomic E-state index is 0.452. The number of fused-ring (bicyclic) bond motifs is 2. The number of halogens is 2. The van der Waals surface area contributed by atoms with Crippen LogP contribution in [0.3, 0.4) is 0 Å². The summed E-state index contributed by atoms with van der Waals surface area (Å²) >= 11 is 12.6. The van der Waals surface area contributed by atoms with Gasteiger partial charge < -0.3 is 9.72 Å². The SMILES string of the molecule is COc1ccc(-c2cccc3c2CN(Cc2nc4nc(Cl)ccc4[nH]2)CC3)c(Cl)c1. The van der Waals surface area contributed by atoms with E-state index in [4.69, 9.17) is 27.9 Å². The van der Waals surface area contributed by atoms with Crippen molar-refractivity contribution < 1.29 is 4.74 Å². The van der Waals surface area contributed by atoms with Crippen molar-refractivity contribution in [3.63, 3.8) is 0 Å². The van der Waals surface area contributed by atoms with Gasteiger partial charge in [0.2, 0.25) is 0 Å². The Morgan fingerprint density at radius 2 is 1.97 bits per heavy atom. The molecule has 7 heteroatoms. The molecule has 0 saturated heterocycles. The smallest absolute Gasteiger partial charge is 0.179 e. The van der Waals surface area contributed by atoms with Gasteiger partial charge in [-0.15, -0.1) is 0 Å². The number of imidazole rings is 1. The molecule has 2 aromatic carbocycles. The van der Waals surface area contributed by atoms with E-state index in [-0.39, 0.29) is 0 Å². The van der Waals surface area contributed by atoms with Crippen LogP contribution in [0.5, 0.6) is 5.75 Å². The number of aromatic nitrogens is 3. The third-order valence-electron chi connectivity index (χ3n) is 5.55. The third kappa shape index (κ3) is 3.65. The molecular weight excluding hydrogens is 419 g/mol. The second-order valence-corrected chi connectivity index (χ2v) is 8.23. The molecule has 0 radical (unpaired) electrons. The van der Waals surface area contributed by atoms with E-state index in [9.17, 15) is 0 Å². The van der Waals surface area contributed by atoms with Crippen LogP contribution in [-0.2, 0) is 19.5 Å². The van der Waals surface area contributed by atoms with Crippen LogP contribution < -0.4 is 4.74 Å². The summed E-state index contributed by atoms with van der Waals surface area (Å²) in [5.74, 6) is 1.65. The second kappa shape index (κ2) is 7.91. The van der Waals surface area contributed by atoms with E-state index < -0.39 is 0 Å². The van der Waals surface area contributed by atoms with Gasteiger partial charge >= 0.3 is 0 Å². The van der Waals surface area contributed by atoms with E-state index in [2.05, 4.69) is 38.1 Å². The first-order chi connectivity index (χ1) is 14.6. The first-order valence-corrected chi connectivity index (χ1v) is 10.5. The van der Waals surface area contributed by atoms with Gasteiger partial charge in [-0.05, 0) is 53.4 Å². The lowest BCUT2D eigenvalue weighted by Gasteiger charge is -2.30. The highest BCUT2D eigenvalue weighted by molar-refractivity contribution is 6.33. The van der Waals surface area contributed by atoms with Crippen molar-refractivity contribution >= 4 is 34.4 Å². The number of nitrogens with one attached hydrogen (secondary N) is 1. The predicted molar refractivity (Wildman–Crippen MR) is 120 cm³/mol. The van der Waals surface area contributed by atoms with Gasteiger partial charge in [-0.1, -0.05) is 41.4 Å². The zero-order valence-electron chi connectivity index (χ0n) is 16.5. The fraction of sp³-hybridized carbons (Fsp3) is 0.217. The van der Waals surface area contributed by atoms with Gasteiger partial charge in [0.05, 0.1) is 24.2 Å². The van der Waals surface area contributed by atoms with E-state index in [0.717, 1.165) is 48.7 Å². The Balaban J connectivity index is 1.44. The van der Waals surface area contributed by atoms with Gasteiger partial charge in [-0.3, -0.25) is 4.90 Å². The highest BCUT2D eigenvalue weighted by Gasteiger charge is 2.21. The lowest BCUT2D eigenvalue weighted by Crippen LogP contribution is -2.30. The first kappa shape index (κ1) is 19.4. The maximum absolute atomic E-state index is 6.58. The van der Waals surface area contributed by atoms with Crippen LogP contribution in [0.25, 0.3) is 22.3 Å². The molecule has 0 bridgehead atoms. The monoisotopic (exact) mass is 438 g/mol. The Hall–Kier alpha value is -2.60. The Labute approximate surface area is 184 Å². The molecule has 1 aliphatic heterocycles. The molecule has 152 valence electrons. The number of ether oxygens (including phenoxy) is 1. The fourth-order valence-electron chi connectivity index (χ4n) is 4.07. The summed E-state index contributed by atoms with van der Waals surface area (Å²) in [6.07, 6.45) is 0.987. The van der Waals surface area contributed by atoms with E-state index in [1.165, 1.54) is 16.7 Å². The molecule has 5 nitrogen and oxygen atoms in total. The molecule has 0 atom stereocenters. The maximum atomic E-state index is 6.58. The van der Waals surface area contributed by atoms with Crippen LogP contribution in [0.15, 0.2) is 48.5 Å². The van der Waals surface area contributed by atoms with Crippen molar-refractivity contribution in [2.45, 2.75) is 19.5 Å². The molecule has 0 saturated carbocycles. The molecule has 0 unspecified atom stereocenters. The molecule has 2 aromatic heterocycles. The minimum absolute atomic E-state index is 0.452. The van der Waals surface area contributed by atoms with Gasteiger partial charge in [-0.25, -0.2) is 9.97 Å². The number of aromatic amines is 1. The summed E-state index contributed by atoms with van der Waals surface area (Å²) in [5, 5.41) is 1.15. The summed E-state index contributed by atoms with van der Waals surface area (Å²) in [7, 11) is 1.65. The maximum Gasteiger partial charge on any atom is 0.179 e. The fourth-order valence-corrected chi connectivity index (χ4v) is 4.49. The Morgan fingerprint density at radius 3 is 2.80 bits per heavy atom. The van der Waals surface area contributed by atoms with Gasteiger partial charge in [0.15, 0.2) is 5.65 Å². The third-order valence-corrected chi connectivity index (χ3v) is 6.08. The van der Waals surface area contributed by atoms with Crippen molar-refractivity contribution in [3.05, 3.63) is 75.7 Å². The van der Waals surface area contributed by atoms with E-state index >= 15 is 0 Å². The van der Waals surface area contributed by atoms with Crippen LogP contribution in [0.1, 0.15) is 17.0 Å². The minimum Gasteiger partial charge on any atom is -0.497 e. The average Bonchev–Trinajstić information content (AvgIpc) is 3.14. The quantitative estimate of drug-likeness (QED) is 0.427. The molecule has 30 heavy (non-hydrogen) atoms. The lowest BCUT2D eigenvalue weighted by atomic mass is 9.91. The van der Waals surface area contributed by atoms with Crippen LogP contribution in [-0.4, -0.2) is 33.5 Å². The first-order valence-electron chi connectivity index (χ1n) is 9.79. The summed E-state index contributed by atoms with van der Waals surface area (Å²) in [5.41, 5.74) is 6.43. The molecule has 1 N–H and O–H groups in total. The normalized spacial score (nSPS) is 14.1. The van der Waals surface area contributed by atoms with Crippen LogP contribution >= 0.6 is 23.2 Å². The molecule has 0 aliphatic carbocycles. The highest BCUT2D eigenvalue weighted by Crippen LogP contribution is 2.36. The summed E-state index contributed by atoms with van der Waals surface area (Å²) in [4.78, 5) is 14.6. The molecule has 5 rings (SSSR count). The van der Waals surface area contributed by atoms with Crippen molar-refractivity contribution in [1.82, 2.24) is 19.9 Å². The number of nitrogens with zero attached hydrogens (tertiary/aromatic N) is 3. The van der Waals surface area contributed by atoms with Crippen LogP contribution in [0.4, 0.5) is 0 Å². The zero-order chi connectivity index (χ0) is 20.7. The molecular formula is C23H20Cl2N4O. The predicted octanol–water partition coefficient (Wildman–Crippen LogP) is 5.50.